The maximum Gasteiger partial charge on any atom is 0.233 e. The molecule has 2 aliphatic rings. The maximum atomic E-state index is 12.9. The molecule has 1 aromatic carbocycles. The first-order valence-electron chi connectivity index (χ1n) is 7.47. The fraction of sp³-hybridized carbons (Fsp3) is 0.529. The van der Waals surface area contributed by atoms with Crippen LogP contribution in [0, 0.1) is 11.3 Å². The Morgan fingerprint density at radius 2 is 1.81 bits per heavy atom. The Balaban J connectivity index is 1.72. The van der Waals surface area contributed by atoms with Gasteiger partial charge in [0.1, 0.15) is 4.75 Å². The van der Waals surface area contributed by atoms with E-state index in [9.17, 15) is 10.1 Å². The molecule has 1 aliphatic carbocycles. The first-order chi connectivity index (χ1) is 10.2. The number of amides is 1. The van der Waals surface area contributed by atoms with Crippen molar-refractivity contribution >= 4 is 17.7 Å². The minimum Gasteiger partial charge on any atom is -0.342 e. The van der Waals surface area contributed by atoms with Gasteiger partial charge in [-0.25, -0.2) is 0 Å². The molecule has 0 N–H and O–H groups in total. The zero-order valence-corrected chi connectivity index (χ0v) is 13.2. The molecular formula is C17H20N2OS. The van der Waals surface area contributed by atoms with Gasteiger partial charge in [-0.1, -0.05) is 30.3 Å². The molecule has 1 saturated carbocycles. The van der Waals surface area contributed by atoms with Crippen molar-refractivity contribution in [2.45, 2.75) is 35.8 Å². The number of hydrogen-bond acceptors (Lipinski definition) is 3. The van der Waals surface area contributed by atoms with Crippen LogP contribution in [0.25, 0.3) is 0 Å². The van der Waals surface area contributed by atoms with E-state index in [0.717, 1.165) is 31.2 Å². The summed E-state index contributed by atoms with van der Waals surface area (Å²) in [5, 5.41) is 9.34. The van der Waals surface area contributed by atoms with Gasteiger partial charge in [0, 0.05) is 13.1 Å². The molecule has 4 heteroatoms. The van der Waals surface area contributed by atoms with Gasteiger partial charge in [-0.05, 0) is 37.5 Å². The Bertz CT molecular complexity index is 566. The number of piperidine rings is 1. The molecule has 110 valence electrons. The summed E-state index contributed by atoms with van der Waals surface area (Å²) < 4.78 is -0.291. The highest BCUT2D eigenvalue weighted by Crippen LogP contribution is 2.50. The standard InChI is InChI=1S/C17H20N2OS/c1-21-16(13-18)9-11-19(12-10-16)15(20)17(7-8-17)14-5-3-2-4-6-14/h2-6H,7-12H2,1H3. The van der Waals surface area contributed by atoms with Gasteiger partial charge < -0.3 is 4.90 Å². The van der Waals surface area contributed by atoms with Crippen LogP contribution < -0.4 is 0 Å². The zero-order valence-electron chi connectivity index (χ0n) is 12.3. The number of carbonyl (C=O) groups is 1. The number of thioether (sulfide) groups is 1. The summed E-state index contributed by atoms with van der Waals surface area (Å²) in [4.78, 5) is 14.9. The van der Waals surface area contributed by atoms with Crippen LogP contribution in [0.3, 0.4) is 0 Å². The third kappa shape index (κ3) is 2.44. The van der Waals surface area contributed by atoms with Gasteiger partial charge in [-0.2, -0.15) is 5.26 Å². The molecule has 1 aliphatic heterocycles. The molecule has 1 heterocycles. The van der Waals surface area contributed by atoms with Gasteiger partial charge in [0.2, 0.25) is 5.91 Å². The molecule has 3 nitrogen and oxygen atoms in total. The average molecular weight is 300 g/mol. The van der Waals surface area contributed by atoms with Gasteiger partial charge in [0.25, 0.3) is 0 Å². The summed E-state index contributed by atoms with van der Waals surface area (Å²) in [6, 6.07) is 12.6. The summed E-state index contributed by atoms with van der Waals surface area (Å²) in [5.41, 5.74) is 0.879. The third-order valence-electron chi connectivity index (χ3n) is 4.94. The number of nitrogens with zero attached hydrogens (tertiary/aromatic N) is 2. The number of rotatable bonds is 3. The number of carbonyl (C=O) groups excluding carboxylic acids is 1. The number of benzene rings is 1. The molecular weight excluding hydrogens is 280 g/mol. The Hall–Kier alpha value is -1.47. The quantitative estimate of drug-likeness (QED) is 0.862. The predicted octanol–water partition coefficient (Wildman–Crippen LogP) is 2.97. The highest BCUT2D eigenvalue weighted by atomic mass is 32.2. The normalized spacial score (nSPS) is 22.4. The molecule has 0 bridgehead atoms. The summed E-state index contributed by atoms with van der Waals surface area (Å²) in [7, 11) is 0. The van der Waals surface area contributed by atoms with Crippen molar-refractivity contribution in [1.29, 1.82) is 5.26 Å². The molecule has 0 spiro atoms. The second-order valence-corrected chi connectivity index (χ2v) is 7.24. The Morgan fingerprint density at radius 3 is 2.29 bits per heavy atom. The van der Waals surface area contributed by atoms with E-state index >= 15 is 0 Å². The van der Waals surface area contributed by atoms with E-state index in [1.165, 1.54) is 0 Å². The van der Waals surface area contributed by atoms with Crippen molar-refractivity contribution in [1.82, 2.24) is 4.90 Å². The number of hydrogen-bond donors (Lipinski definition) is 0. The van der Waals surface area contributed by atoms with Crippen LogP contribution in [-0.4, -0.2) is 34.9 Å². The van der Waals surface area contributed by atoms with Crippen LogP contribution in [0.4, 0.5) is 0 Å². The fourth-order valence-corrected chi connectivity index (χ4v) is 3.93. The van der Waals surface area contributed by atoms with Crippen molar-refractivity contribution in [2.24, 2.45) is 0 Å². The predicted molar refractivity (Wildman–Crippen MR) is 85.0 cm³/mol. The SMILES string of the molecule is CSC1(C#N)CCN(C(=O)C2(c3ccccc3)CC2)CC1. The summed E-state index contributed by atoms with van der Waals surface area (Å²) >= 11 is 1.63. The molecule has 2 fully saturated rings. The van der Waals surface area contributed by atoms with E-state index in [-0.39, 0.29) is 16.1 Å². The topological polar surface area (TPSA) is 44.1 Å². The third-order valence-corrected chi connectivity index (χ3v) is 6.22. The Labute approximate surface area is 130 Å². The lowest BCUT2D eigenvalue weighted by molar-refractivity contribution is -0.135. The first-order valence-corrected chi connectivity index (χ1v) is 8.70. The van der Waals surface area contributed by atoms with Crippen LogP contribution in [0.2, 0.25) is 0 Å². The smallest absolute Gasteiger partial charge is 0.233 e. The molecule has 21 heavy (non-hydrogen) atoms. The monoisotopic (exact) mass is 300 g/mol. The average Bonchev–Trinajstić information content (AvgIpc) is 3.37. The highest BCUT2D eigenvalue weighted by molar-refractivity contribution is 8.00. The molecule has 0 aromatic heterocycles. The Morgan fingerprint density at radius 1 is 1.19 bits per heavy atom. The van der Waals surface area contributed by atoms with Crippen LogP contribution >= 0.6 is 11.8 Å². The van der Waals surface area contributed by atoms with Crippen LogP contribution in [0.5, 0.6) is 0 Å². The van der Waals surface area contributed by atoms with E-state index in [1.807, 2.05) is 29.4 Å². The lowest BCUT2D eigenvalue weighted by atomic mass is 9.91. The van der Waals surface area contributed by atoms with Crippen LogP contribution in [-0.2, 0) is 10.2 Å². The molecule has 0 unspecified atom stereocenters. The molecule has 1 amide bonds. The van der Waals surface area contributed by atoms with E-state index < -0.39 is 0 Å². The van der Waals surface area contributed by atoms with Crippen molar-refractivity contribution in [3.05, 3.63) is 35.9 Å². The fourth-order valence-electron chi connectivity index (χ4n) is 3.24. The van der Waals surface area contributed by atoms with Crippen molar-refractivity contribution in [3.63, 3.8) is 0 Å². The van der Waals surface area contributed by atoms with Gasteiger partial charge in [0.15, 0.2) is 0 Å². The van der Waals surface area contributed by atoms with Gasteiger partial charge >= 0.3 is 0 Å². The number of likely N-dealkylation sites (tertiary alicyclic amines) is 1. The van der Waals surface area contributed by atoms with Gasteiger partial charge in [0.05, 0.1) is 11.5 Å². The highest BCUT2D eigenvalue weighted by Gasteiger charge is 2.53. The largest absolute Gasteiger partial charge is 0.342 e. The molecule has 0 radical (unpaired) electrons. The zero-order chi connectivity index (χ0) is 14.9. The van der Waals surface area contributed by atoms with Crippen molar-refractivity contribution in [3.8, 4) is 6.07 Å². The molecule has 0 atom stereocenters. The van der Waals surface area contributed by atoms with Crippen LogP contribution in [0.1, 0.15) is 31.2 Å². The summed E-state index contributed by atoms with van der Waals surface area (Å²) in [5.74, 6) is 0.265. The molecule has 3 rings (SSSR count). The van der Waals surface area contributed by atoms with Gasteiger partial charge in [-0.3, -0.25) is 4.79 Å². The summed E-state index contributed by atoms with van der Waals surface area (Å²) in [6.45, 7) is 1.42. The van der Waals surface area contributed by atoms with Crippen molar-refractivity contribution in [2.75, 3.05) is 19.3 Å². The second-order valence-electron chi connectivity index (χ2n) is 6.05. The second kappa shape index (κ2) is 5.38. The van der Waals surface area contributed by atoms with E-state index in [2.05, 4.69) is 18.2 Å². The van der Waals surface area contributed by atoms with E-state index in [0.29, 0.717) is 13.1 Å². The minimum atomic E-state index is -0.291. The number of nitriles is 1. The first kappa shape index (κ1) is 14.5. The molecule has 1 aromatic rings. The molecule has 1 saturated heterocycles. The lowest BCUT2D eigenvalue weighted by Gasteiger charge is -2.38. The maximum absolute atomic E-state index is 12.9. The Kier molecular flexibility index (Phi) is 3.71. The lowest BCUT2D eigenvalue weighted by Crippen LogP contribution is -2.48. The van der Waals surface area contributed by atoms with Gasteiger partial charge in [-0.15, -0.1) is 11.8 Å². The minimum absolute atomic E-state index is 0.265. The summed E-state index contributed by atoms with van der Waals surface area (Å²) in [6.07, 6.45) is 5.46. The van der Waals surface area contributed by atoms with E-state index in [4.69, 9.17) is 0 Å². The van der Waals surface area contributed by atoms with Crippen molar-refractivity contribution < 1.29 is 4.79 Å². The van der Waals surface area contributed by atoms with Crippen LogP contribution in [0.15, 0.2) is 30.3 Å². The van der Waals surface area contributed by atoms with E-state index in [1.54, 1.807) is 11.8 Å².